The molecule has 1 N–H and O–H groups in total. The van der Waals surface area contributed by atoms with Gasteiger partial charge in [0.2, 0.25) is 0 Å². The molecule has 2 atom stereocenters. The average molecular weight is 297 g/mol. The number of carboxylic acid groups (broad SMARTS) is 1. The van der Waals surface area contributed by atoms with E-state index in [9.17, 15) is 19.1 Å². The van der Waals surface area contributed by atoms with Gasteiger partial charge in [0.25, 0.3) is 5.91 Å². The lowest BCUT2D eigenvalue weighted by atomic mass is 10.1. The van der Waals surface area contributed by atoms with E-state index in [-0.39, 0.29) is 10.9 Å². The van der Waals surface area contributed by atoms with Crippen LogP contribution in [0.3, 0.4) is 0 Å². The first-order chi connectivity index (χ1) is 9.56. The zero-order valence-corrected chi connectivity index (χ0v) is 11.9. The van der Waals surface area contributed by atoms with E-state index in [1.54, 1.807) is 6.07 Å². The Morgan fingerprint density at radius 1 is 1.45 bits per heavy atom. The first-order valence-electron chi connectivity index (χ1n) is 6.47. The first-order valence-corrected chi connectivity index (χ1v) is 7.52. The van der Waals surface area contributed by atoms with Crippen LogP contribution < -0.4 is 0 Å². The minimum atomic E-state index is -1.04. The van der Waals surface area contributed by atoms with Crippen LogP contribution in [0.1, 0.15) is 30.1 Å². The van der Waals surface area contributed by atoms with Gasteiger partial charge in [0, 0.05) is 5.75 Å². The van der Waals surface area contributed by atoms with Crippen LogP contribution in [0.2, 0.25) is 0 Å². The highest BCUT2D eigenvalue weighted by molar-refractivity contribution is 8.00. The summed E-state index contributed by atoms with van der Waals surface area (Å²) in [6.07, 6.45) is 1.54. The fourth-order valence-electron chi connectivity index (χ4n) is 2.27. The van der Waals surface area contributed by atoms with Crippen molar-refractivity contribution in [1.29, 1.82) is 0 Å². The molecule has 1 aromatic carbocycles. The maximum absolute atomic E-state index is 13.7. The minimum Gasteiger partial charge on any atom is -0.480 e. The molecule has 0 aliphatic carbocycles. The van der Waals surface area contributed by atoms with E-state index in [0.717, 1.165) is 6.42 Å². The third-order valence-electron chi connectivity index (χ3n) is 3.25. The van der Waals surface area contributed by atoms with Gasteiger partial charge in [-0.1, -0.05) is 25.5 Å². The second kappa shape index (κ2) is 6.26. The van der Waals surface area contributed by atoms with Gasteiger partial charge >= 0.3 is 5.97 Å². The van der Waals surface area contributed by atoms with E-state index in [0.29, 0.717) is 12.2 Å². The van der Waals surface area contributed by atoms with Crippen molar-refractivity contribution in [1.82, 2.24) is 4.90 Å². The average Bonchev–Trinajstić information content (AvgIpc) is 2.83. The van der Waals surface area contributed by atoms with E-state index in [1.807, 2.05) is 6.92 Å². The molecule has 0 spiro atoms. The fourth-order valence-corrected chi connectivity index (χ4v) is 3.78. The van der Waals surface area contributed by atoms with Crippen molar-refractivity contribution in [2.24, 2.45) is 0 Å². The summed E-state index contributed by atoms with van der Waals surface area (Å²) in [5.74, 6) is -1.85. The minimum absolute atomic E-state index is 0.0673. The van der Waals surface area contributed by atoms with Crippen molar-refractivity contribution in [3.8, 4) is 0 Å². The smallest absolute Gasteiger partial charge is 0.327 e. The Kier molecular flexibility index (Phi) is 4.65. The molecule has 0 radical (unpaired) electrons. The number of carboxylic acids is 1. The van der Waals surface area contributed by atoms with Gasteiger partial charge < -0.3 is 10.0 Å². The van der Waals surface area contributed by atoms with Crippen molar-refractivity contribution < 1.29 is 19.1 Å². The maximum Gasteiger partial charge on any atom is 0.327 e. The molecule has 0 bridgehead atoms. The van der Waals surface area contributed by atoms with E-state index in [4.69, 9.17) is 0 Å². The summed E-state index contributed by atoms with van der Waals surface area (Å²) in [6.45, 7) is 1.97. The van der Waals surface area contributed by atoms with Crippen LogP contribution >= 0.6 is 11.8 Å². The molecule has 20 heavy (non-hydrogen) atoms. The van der Waals surface area contributed by atoms with Crippen molar-refractivity contribution in [3.05, 3.63) is 35.6 Å². The molecule has 0 saturated carbocycles. The molecule has 1 aromatic rings. The standard InChI is InChI=1S/C14H16FNO3S/c1-2-5-12-16(11(8-20-12)14(18)19)13(17)9-6-3-4-7-10(9)15/h3-4,6-7,11-12H,2,5,8H2,1H3,(H,18,19)/t11-,12+/m0/s1. The molecule has 0 aromatic heterocycles. The lowest BCUT2D eigenvalue weighted by molar-refractivity contribution is -0.141. The lowest BCUT2D eigenvalue weighted by Crippen LogP contribution is -2.45. The number of aliphatic carboxylic acids is 1. The highest BCUT2D eigenvalue weighted by atomic mass is 32.2. The summed E-state index contributed by atoms with van der Waals surface area (Å²) in [6, 6.07) is 4.79. The van der Waals surface area contributed by atoms with Gasteiger partial charge in [0.1, 0.15) is 11.9 Å². The Hall–Kier alpha value is -1.56. The second-order valence-corrected chi connectivity index (χ2v) is 5.83. The molecule has 1 heterocycles. The van der Waals surface area contributed by atoms with Gasteiger partial charge in [0.15, 0.2) is 0 Å². The molecule has 2 rings (SSSR count). The molecule has 1 aliphatic rings. The molecule has 6 heteroatoms. The van der Waals surface area contributed by atoms with Crippen molar-refractivity contribution in [2.75, 3.05) is 5.75 Å². The summed E-state index contributed by atoms with van der Waals surface area (Å²) in [7, 11) is 0. The van der Waals surface area contributed by atoms with Crippen molar-refractivity contribution in [3.63, 3.8) is 0 Å². The third kappa shape index (κ3) is 2.80. The SMILES string of the molecule is CCC[C@H]1SC[C@@H](C(=O)O)N1C(=O)c1ccccc1F. The van der Waals surface area contributed by atoms with Crippen LogP contribution in [0.15, 0.2) is 24.3 Å². The van der Waals surface area contributed by atoms with Gasteiger partial charge in [-0.2, -0.15) is 0 Å². The van der Waals surface area contributed by atoms with E-state index >= 15 is 0 Å². The van der Waals surface area contributed by atoms with Crippen LogP contribution in [-0.2, 0) is 4.79 Å². The monoisotopic (exact) mass is 297 g/mol. The predicted octanol–water partition coefficient (Wildman–Crippen LogP) is 2.59. The molecule has 1 aliphatic heterocycles. The maximum atomic E-state index is 13.7. The number of rotatable bonds is 4. The van der Waals surface area contributed by atoms with Gasteiger partial charge in [0.05, 0.1) is 10.9 Å². The van der Waals surface area contributed by atoms with Crippen LogP contribution in [0.4, 0.5) is 4.39 Å². The van der Waals surface area contributed by atoms with E-state index < -0.39 is 23.7 Å². The molecular formula is C14H16FNO3S. The quantitative estimate of drug-likeness (QED) is 0.928. The van der Waals surface area contributed by atoms with Gasteiger partial charge in [-0.25, -0.2) is 9.18 Å². The second-order valence-electron chi connectivity index (χ2n) is 4.62. The number of benzene rings is 1. The zero-order chi connectivity index (χ0) is 14.7. The summed E-state index contributed by atoms with van der Waals surface area (Å²) in [5, 5.41) is 9.03. The number of halogens is 1. The summed E-state index contributed by atoms with van der Waals surface area (Å²) in [5.41, 5.74) is -0.0673. The highest BCUT2D eigenvalue weighted by Gasteiger charge is 2.41. The Morgan fingerprint density at radius 3 is 2.75 bits per heavy atom. The predicted molar refractivity (Wildman–Crippen MR) is 75.1 cm³/mol. The Balaban J connectivity index is 2.32. The summed E-state index contributed by atoms with van der Waals surface area (Å²) in [4.78, 5) is 25.1. The number of carbonyl (C=O) groups is 2. The topological polar surface area (TPSA) is 57.6 Å². The highest BCUT2D eigenvalue weighted by Crippen LogP contribution is 2.33. The first kappa shape index (κ1) is 14.8. The number of nitrogens with zero attached hydrogens (tertiary/aromatic N) is 1. The normalized spacial score (nSPS) is 22.0. The van der Waals surface area contributed by atoms with Gasteiger partial charge in [-0.15, -0.1) is 11.8 Å². The number of hydrogen-bond donors (Lipinski definition) is 1. The molecule has 1 fully saturated rings. The van der Waals surface area contributed by atoms with Gasteiger partial charge in [-0.3, -0.25) is 4.79 Å². The van der Waals surface area contributed by atoms with Crippen molar-refractivity contribution in [2.45, 2.75) is 31.2 Å². The molecule has 108 valence electrons. The summed E-state index contributed by atoms with van der Waals surface area (Å²) >= 11 is 1.44. The Labute approximate surface area is 121 Å². The largest absolute Gasteiger partial charge is 0.480 e. The molecule has 1 saturated heterocycles. The summed E-state index contributed by atoms with van der Waals surface area (Å²) < 4.78 is 13.7. The number of amides is 1. The number of thioether (sulfide) groups is 1. The van der Waals surface area contributed by atoms with Crippen LogP contribution in [0, 0.1) is 5.82 Å². The Bertz CT molecular complexity index is 523. The zero-order valence-electron chi connectivity index (χ0n) is 11.1. The molecule has 1 amide bonds. The number of hydrogen-bond acceptors (Lipinski definition) is 3. The Morgan fingerprint density at radius 2 is 2.15 bits per heavy atom. The third-order valence-corrected chi connectivity index (χ3v) is 4.61. The van der Waals surface area contributed by atoms with E-state index in [2.05, 4.69) is 0 Å². The van der Waals surface area contributed by atoms with E-state index in [1.165, 1.54) is 34.9 Å². The molecule has 4 nitrogen and oxygen atoms in total. The fraction of sp³-hybridized carbons (Fsp3) is 0.429. The molecule has 0 unspecified atom stereocenters. The van der Waals surface area contributed by atoms with Crippen LogP contribution in [-0.4, -0.2) is 39.1 Å². The van der Waals surface area contributed by atoms with Crippen LogP contribution in [0.25, 0.3) is 0 Å². The lowest BCUT2D eigenvalue weighted by Gasteiger charge is -2.27. The van der Waals surface area contributed by atoms with Crippen molar-refractivity contribution >= 4 is 23.6 Å². The molecular weight excluding hydrogens is 281 g/mol. The van der Waals surface area contributed by atoms with Crippen LogP contribution in [0.5, 0.6) is 0 Å². The number of carbonyl (C=O) groups excluding carboxylic acids is 1. The van der Waals surface area contributed by atoms with Gasteiger partial charge in [-0.05, 0) is 18.6 Å².